The first-order valence-electron chi connectivity index (χ1n) is 8.92. The topological polar surface area (TPSA) is 15.3 Å². The summed E-state index contributed by atoms with van der Waals surface area (Å²) in [6.45, 7) is 8.14. The van der Waals surface area contributed by atoms with Crippen molar-refractivity contribution >= 4 is 11.4 Å². The largest absolute Gasteiger partial charge is 0.385 e. The fourth-order valence-corrected chi connectivity index (χ4v) is 3.15. The lowest BCUT2D eigenvalue weighted by Crippen LogP contribution is -2.29. The Morgan fingerprint density at radius 2 is 1.76 bits per heavy atom. The third-order valence-electron chi connectivity index (χ3n) is 4.73. The number of piperidine rings is 1. The Balaban J connectivity index is 1.81. The van der Waals surface area contributed by atoms with Gasteiger partial charge in [0.15, 0.2) is 0 Å². The molecule has 1 aromatic rings. The SMILES string of the molecule is CCCCC(CC)CNc1ccc(N2CCCCC2)cc1. The van der Waals surface area contributed by atoms with Gasteiger partial charge >= 0.3 is 0 Å². The zero-order valence-electron chi connectivity index (χ0n) is 13.9. The number of rotatable bonds is 8. The summed E-state index contributed by atoms with van der Waals surface area (Å²) in [5.74, 6) is 0.812. The van der Waals surface area contributed by atoms with Gasteiger partial charge in [-0.15, -0.1) is 0 Å². The molecule has 0 spiro atoms. The molecule has 2 rings (SSSR count). The highest BCUT2D eigenvalue weighted by atomic mass is 15.1. The van der Waals surface area contributed by atoms with Crippen molar-refractivity contribution in [3.8, 4) is 0 Å². The second-order valence-electron chi connectivity index (χ2n) is 6.39. The van der Waals surface area contributed by atoms with Gasteiger partial charge in [-0.05, 0) is 55.9 Å². The van der Waals surface area contributed by atoms with Crippen molar-refractivity contribution in [1.29, 1.82) is 0 Å². The Morgan fingerprint density at radius 3 is 2.38 bits per heavy atom. The molecule has 1 heterocycles. The second kappa shape index (κ2) is 8.96. The van der Waals surface area contributed by atoms with E-state index in [-0.39, 0.29) is 0 Å². The lowest BCUT2D eigenvalue weighted by Gasteiger charge is -2.29. The van der Waals surface area contributed by atoms with E-state index < -0.39 is 0 Å². The van der Waals surface area contributed by atoms with E-state index in [1.165, 1.54) is 69.4 Å². The van der Waals surface area contributed by atoms with Crippen LogP contribution in [0.2, 0.25) is 0 Å². The summed E-state index contributed by atoms with van der Waals surface area (Å²) in [5.41, 5.74) is 2.66. The second-order valence-corrected chi connectivity index (χ2v) is 6.39. The van der Waals surface area contributed by atoms with E-state index in [9.17, 15) is 0 Å². The van der Waals surface area contributed by atoms with E-state index in [1.807, 2.05) is 0 Å². The summed E-state index contributed by atoms with van der Waals surface area (Å²) in [4.78, 5) is 2.52. The molecule has 0 aliphatic carbocycles. The van der Waals surface area contributed by atoms with Crippen LogP contribution in [0.15, 0.2) is 24.3 Å². The minimum Gasteiger partial charge on any atom is -0.385 e. The molecule has 1 N–H and O–H groups in total. The Bertz CT molecular complexity index is 379. The molecule has 0 radical (unpaired) electrons. The van der Waals surface area contributed by atoms with E-state index in [4.69, 9.17) is 0 Å². The summed E-state index contributed by atoms with van der Waals surface area (Å²) in [6, 6.07) is 9.05. The molecular formula is C19H32N2. The van der Waals surface area contributed by atoms with Crippen LogP contribution in [-0.2, 0) is 0 Å². The smallest absolute Gasteiger partial charge is 0.0367 e. The number of nitrogens with one attached hydrogen (secondary N) is 1. The predicted octanol–water partition coefficient (Wildman–Crippen LogP) is 5.31. The van der Waals surface area contributed by atoms with E-state index >= 15 is 0 Å². The van der Waals surface area contributed by atoms with Crippen LogP contribution in [0.25, 0.3) is 0 Å². The van der Waals surface area contributed by atoms with E-state index in [2.05, 4.69) is 48.3 Å². The van der Waals surface area contributed by atoms with E-state index in [1.54, 1.807) is 0 Å². The van der Waals surface area contributed by atoms with Crippen LogP contribution in [0, 0.1) is 5.92 Å². The van der Waals surface area contributed by atoms with Gasteiger partial charge in [0.1, 0.15) is 0 Å². The highest BCUT2D eigenvalue weighted by Crippen LogP contribution is 2.22. The molecule has 2 heteroatoms. The van der Waals surface area contributed by atoms with Gasteiger partial charge in [0.2, 0.25) is 0 Å². The minimum absolute atomic E-state index is 0.812. The first kappa shape index (κ1) is 16.2. The number of hydrogen-bond donors (Lipinski definition) is 1. The molecule has 0 aromatic heterocycles. The highest BCUT2D eigenvalue weighted by Gasteiger charge is 2.10. The molecular weight excluding hydrogens is 256 g/mol. The number of benzene rings is 1. The lowest BCUT2D eigenvalue weighted by atomic mass is 9.99. The number of hydrogen-bond acceptors (Lipinski definition) is 2. The van der Waals surface area contributed by atoms with Gasteiger partial charge in [0.25, 0.3) is 0 Å². The van der Waals surface area contributed by atoms with Crippen LogP contribution >= 0.6 is 0 Å². The van der Waals surface area contributed by atoms with Gasteiger partial charge in [-0.25, -0.2) is 0 Å². The Morgan fingerprint density at radius 1 is 1.05 bits per heavy atom. The van der Waals surface area contributed by atoms with Gasteiger partial charge in [-0.3, -0.25) is 0 Å². The normalized spacial score (nSPS) is 16.8. The standard InChI is InChI=1S/C19H32N2/c1-3-5-9-17(4-2)16-20-18-10-12-19(13-11-18)21-14-7-6-8-15-21/h10-13,17,20H,3-9,14-16H2,1-2H3. The molecule has 118 valence electrons. The summed E-state index contributed by atoms with van der Waals surface area (Å²) >= 11 is 0. The first-order chi connectivity index (χ1) is 10.3. The molecule has 1 aliphatic rings. The summed E-state index contributed by atoms with van der Waals surface area (Å²) < 4.78 is 0. The average molecular weight is 288 g/mol. The Hall–Kier alpha value is -1.18. The fraction of sp³-hybridized carbons (Fsp3) is 0.684. The van der Waals surface area contributed by atoms with Crippen molar-refractivity contribution in [2.45, 2.75) is 58.8 Å². The van der Waals surface area contributed by atoms with Gasteiger partial charge in [0.05, 0.1) is 0 Å². The van der Waals surface area contributed by atoms with E-state index in [0.29, 0.717) is 0 Å². The lowest BCUT2D eigenvalue weighted by molar-refractivity contribution is 0.473. The van der Waals surface area contributed by atoms with Crippen LogP contribution in [0.4, 0.5) is 11.4 Å². The zero-order valence-corrected chi connectivity index (χ0v) is 13.9. The number of anilines is 2. The average Bonchev–Trinajstić information content (AvgIpc) is 2.56. The van der Waals surface area contributed by atoms with Crippen LogP contribution in [0.5, 0.6) is 0 Å². The zero-order chi connectivity index (χ0) is 14.9. The molecule has 0 amide bonds. The van der Waals surface area contributed by atoms with Crippen molar-refractivity contribution in [2.75, 3.05) is 29.9 Å². The van der Waals surface area contributed by atoms with Gasteiger partial charge < -0.3 is 10.2 Å². The third-order valence-corrected chi connectivity index (χ3v) is 4.73. The van der Waals surface area contributed by atoms with Crippen LogP contribution in [-0.4, -0.2) is 19.6 Å². The summed E-state index contributed by atoms with van der Waals surface area (Å²) in [7, 11) is 0. The molecule has 1 unspecified atom stereocenters. The predicted molar refractivity (Wildman–Crippen MR) is 94.3 cm³/mol. The van der Waals surface area contributed by atoms with Crippen molar-refractivity contribution in [3.63, 3.8) is 0 Å². The molecule has 2 nitrogen and oxygen atoms in total. The van der Waals surface area contributed by atoms with Crippen LogP contribution in [0.1, 0.15) is 58.8 Å². The molecule has 1 aromatic carbocycles. The number of nitrogens with zero attached hydrogens (tertiary/aromatic N) is 1. The van der Waals surface area contributed by atoms with E-state index in [0.717, 1.165) is 12.5 Å². The molecule has 0 saturated carbocycles. The summed E-state index contributed by atoms with van der Waals surface area (Å²) in [6.07, 6.45) is 9.37. The van der Waals surface area contributed by atoms with Crippen molar-refractivity contribution in [3.05, 3.63) is 24.3 Å². The van der Waals surface area contributed by atoms with Gasteiger partial charge in [0, 0.05) is 31.0 Å². The molecule has 1 saturated heterocycles. The monoisotopic (exact) mass is 288 g/mol. The van der Waals surface area contributed by atoms with Crippen molar-refractivity contribution in [2.24, 2.45) is 5.92 Å². The summed E-state index contributed by atoms with van der Waals surface area (Å²) in [5, 5.41) is 3.62. The van der Waals surface area contributed by atoms with Crippen LogP contribution < -0.4 is 10.2 Å². The van der Waals surface area contributed by atoms with Crippen molar-refractivity contribution < 1.29 is 0 Å². The molecule has 0 bridgehead atoms. The van der Waals surface area contributed by atoms with Crippen LogP contribution in [0.3, 0.4) is 0 Å². The van der Waals surface area contributed by atoms with Gasteiger partial charge in [-0.1, -0.05) is 33.1 Å². The molecule has 1 atom stereocenters. The number of unbranched alkanes of at least 4 members (excludes halogenated alkanes) is 1. The van der Waals surface area contributed by atoms with Crippen molar-refractivity contribution in [1.82, 2.24) is 0 Å². The van der Waals surface area contributed by atoms with Gasteiger partial charge in [-0.2, -0.15) is 0 Å². The molecule has 1 aliphatic heterocycles. The Labute approximate surface area is 130 Å². The maximum Gasteiger partial charge on any atom is 0.0367 e. The minimum atomic E-state index is 0.812. The maximum atomic E-state index is 3.62. The maximum absolute atomic E-state index is 3.62. The molecule has 21 heavy (non-hydrogen) atoms. The Kier molecular flexibility index (Phi) is 6.91. The quantitative estimate of drug-likeness (QED) is 0.698. The molecule has 1 fully saturated rings. The fourth-order valence-electron chi connectivity index (χ4n) is 3.15. The highest BCUT2D eigenvalue weighted by molar-refractivity contribution is 5.55. The third kappa shape index (κ3) is 5.26. The first-order valence-corrected chi connectivity index (χ1v) is 8.92.